The Hall–Kier alpha value is -1.40. The van der Waals surface area contributed by atoms with Gasteiger partial charge < -0.3 is 20.3 Å². The van der Waals surface area contributed by atoms with Gasteiger partial charge in [-0.15, -0.1) is 0 Å². The van der Waals surface area contributed by atoms with Gasteiger partial charge in [-0.3, -0.25) is 9.59 Å². The van der Waals surface area contributed by atoms with Crippen molar-refractivity contribution in [1.82, 2.24) is 5.32 Å². The van der Waals surface area contributed by atoms with Gasteiger partial charge in [-0.25, -0.2) is 0 Å². The van der Waals surface area contributed by atoms with Crippen molar-refractivity contribution < 1.29 is 24.5 Å². The van der Waals surface area contributed by atoms with Crippen LogP contribution in [0.3, 0.4) is 0 Å². The van der Waals surface area contributed by atoms with Gasteiger partial charge in [0.2, 0.25) is 5.91 Å². The molecule has 0 aliphatic rings. The molecule has 0 spiro atoms. The molecular formula is C60H117NO5. The van der Waals surface area contributed by atoms with Crippen molar-refractivity contribution in [2.45, 2.75) is 347 Å². The third-order valence-electron chi connectivity index (χ3n) is 14.1. The largest absolute Gasteiger partial charge is 0.466 e. The van der Waals surface area contributed by atoms with Crippen molar-refractivity contribution in [3.05, 3.63) is 12.2 Å². The maximum absolute atomic E-state index is 12.5. The third-order valence-corrected chi connectivity index (χ3v) is 14.1. The number of amides is 1. The highest BCUT2D eigenvalue weighted by Gasteiger charge is 2.20. The topological polar surface area (TPSA) is 95.9 Å². The molecule has 0 aromatic carbocycles. The third kappa shape index (κ3) is 52.0. The van der Waals surface area contributed by atoms with Gasteiger partial charge in [-0.05, 0) is 51.4 Å². The minimum absolute atomic E-state index is 0.0254. The van der Waals surface area contributed by atoms with E-state index in [-0.39, 0.29) is 18.5 Å². The fourth-order valence-corrected chi connectivity index (χ4v) is 9.46. The summed E-state index contributed by atoms with van der Waals surface area (Å²) in [6.07, 6.45) is 66.4. The van der Waals surface area contributed by atoms with Crippen LogP contribution in [-0.2, 0) is 14.3 Å². The van der Waals surface area contributed by atoms with E-state index in [1.807, 2.05) is 0 Å². The second kappa shape index (κ2) is 56.2. The first-order chi connectivity index (χ1) is 32.5. The zero-order valence-electron chi connectivity index (χ0n) is 44.7. The predicted octanol–water partition coefficient (Wildman–Crippen LogP) is 18.5. The van der Waals surface area contributed by atoms with Gasteiger partial charge in [0.05, 0.1) is 25.4 Å². The lowest BCUT2D eigenvalue weighted by Gasteiger charge is -2.22. The molecule has 2 unspecified atom stereocenters. The Balaban J connectivity index is 3.47. The number of aliphatic hydroxyl groups is 2. The number of ether oxygens (including phenoxy) is 1. The Labute approximate surface area is 412 Å². The van der Waals surface area contributed by atoms with Crippen molar-refractivity contribution in [2.75, 3.05) is 13.2 Å². The van der Waals surface area contributed by atoms with Crippen LogP contribution in [0.5, 0.6) is 0 Å². The Morgan fingerprint density at radius 2 is 0.712 bits per heavy atom. The summed E-state index contributed by atoms with van der Waals surface area (Å²) in [5, 5.41) is 23.3. The molecule has 0 radical (unpaired) electrons. The summed E-state index contributed by atoms with van der Waals surface area (Å²) in [5.74, 6) is -0.0857. The highest BCUT2D eigenvalue weighted by molar-refractivity contribution is 5.76. The number of esters is 1. The Morgan fingerprint density at radius 3 is 1.08 bits per heavy atom. The average molecular weight is 933 g/mol. The molecule has 0 rings (SSSR count). The molecule has 392 valence electrons. The molecule has 6 nitrogen and oxygen atoms in total. The number of nitrogens with one attached hydrogen (secondary N) is 1. The van der Waals surface area contributed by atoms with E-state index >= 15 is 0 Å². The van der Waals surface area contributed by atoms with E-state index in [9.17, 15) is 19.8 Å². The number of hydrogen-bond donors (Lipinski definition) is 3. The van der Waals surface area contributed by atoms with Crippen LogP contribution in [-0.4, -0.2) is 47.4 Å². The van der Waals surface area contributed by atoms with Crippen LogP contribution < -0.4 is 5.32 Å². The van der Waals surface area contributed by atoms with Crippen LogP contribution in [0.2, 0.25) is 0 Å². The number of carbonyl (C=O) groups is 2. The van der Waals surface area contributed by atoms with Gasteiger partial charge in [0, 0.05) is 12.8 Å². The number of allylic oxidation sites excluding steroid dienone is 2. The summed E-state index contributed by atoms with van der Waals surface area (Å²) in [6, 6.07) is -0.562. The number of hydrogen-bond acceptors (Lipinski definition) is 5. The lowest BCUT2D eigenvalue weighted by molar-refractivity contribution is -0.143. The van der Waals surface area contributed by atoms with E-state index in [0.29, 0.717) is 25.9 Å². The van der Waals surface area contributed by atoms with Crippen molar-refractivity contribution >= 4 is 11.9 Å². The van der Waals surface area contributed by atoms with Gasteiger partial charge in [0.25, 0.3) is 0 Å². The van der Waals surface area contributed by atoms with Gasteiger partial charge in [-0.1, -0.05) is 283 Å². The Kier molecular flexibility index (Phi) is 55.0. The Bertz CT molecular complexity index is 986. The van der Waals surface area contributed by atoms with E-state index in [4.69, 9.17) is 4.74 Å². The molecule has 0 aromatic heterocycles. The predicted molar refractivity (Wildman–Crippen MR) is 287 cm³/mol. The van der Waals surface area contributed by atoms with Crippen LogP contribution in [0.1, 0.15) is 335 Å². The lowest BCUT2D eigenvalue weighted by atomic mass is 10.0. The molecule has 2 atom stereocenters. The van der Waals surface area contributed by atoms with Gasteiger partial charge in [-0.2, -0.15) is 0 Å². The summed E-state index contributed by atoms with van der Waals surface area (Å²) in [5.41, 5.74) is 0. The van der Waals surface area contributed by atoms with Crippen molar-refractivity contribution in [2.24, 2.45) is 0 Å². The first-order valence-corrected chi connectivity index (χ1v) is 29.9. The van der Waals surface area contributed by atoms with E-state index < -0.39 is 12.1 Å². The highest BCUT2D eigenvalue weighted by Crippen LogP contribution is 2.18. The summed E-state index contributed by atoms with van der Waals surface area (Å²) in [7, 11) is 0. The second-order valence-electron chi connectivity index (χ2n) is 20.7. The van der Waals surface area contributed by atoms with E-state index in [1.165, 1.54) is 225 Å². The molecule has 3 N–H and O–H groups in total. The molecule has 1 amide bonds. The maximum atomic E-state index is 12.5. The molecule has 0 heterocycles. The van der Waals surface area contributed by atoms with Crippen LogP contribution in [0.25, 0.3) is 0 Å². The van der Waals surface area contributed by atoms with Crippen molar-refractivity contribution in [3.63, 3.8) is 0 Å². The van der Waals surface area contributed by atoms with E-state index in [1.54, 1.807) is 0 Å². The molecule has 0 bridgehead atoms. The van der Waals surface area contributed by atoms with Crippen LogP contribution in [0.4, 0.5) is 0 Å². The number of aliphatic hydroxyl groups excluding tert-OH is 2. The molecule has 0 aromatic rings. The normalized spacial score (nSPS) is 12.6. The number of rotatable bonds is 56. The molecule has 0 saturated heterocycles. The molecule has 0 aliphatic heterocycles. The maximum Gasteiger partial charge on any atom is 0.305 e. The highest BCUT2D eigenvalue weighted by atomic mass is 16.5. The minimum Gasteiger partial charge on any atom is -0.466 e. The number of carbonyl (C=O) groups excluding carboxylic acids is 2. The first-order valence-electron chi connectivity index (χ1n) is 29.9. The van der Waals surface area contributed by atoms with Crippen molar-refractivity contribution in [3.8, 4) is 0 Å². The second-order valence-corrected chi connectivity index (χ2v) is 20.7. The van der Waals surface area contributed by atoms with E-state index in [0.717, 1.165) is 77.0 Å². The molecule has 6 heteroatoms. The standard InChI is InChI=1S/C60H117NO5/c1-3-5-7-9-11-13-15-17-19-21-23-25-27-29-32-36-40-44-48-52-58(63)57(56-62)61-59(64)53-49-45-41-37-33-31-35-39-43-47-51-55-66-60(65)54-50-46-42-38-34-30-28-26-24-22-20-18-16-14-12-10-8-6-4-2/h35,39,57-58,62-63H,3-34,36-38,40-56H2,1-2H3,(H,61,64)/b39-35-. The molecular weight excluding hydrogens is 815 g/mol. The molecule has 0 fully saturated rings. The van der Waals surface area contributed by atoms with Crippen molar-refractivity contribution in [1.29, 1.82) is 0 Å². The zero-order valence-corrected chi connectivity index (χ0v) is 44.7. The van der Waals surface area contributed by atoms with Gasteiger partial charge in [0.15, 0.2) is 0 Å². The quantitative estimate of drug-likeness (QED) is 0.0321. The van der Waals surface area contributed by atoms with Gasteiger partial charge in [0.1, 0.15) is 0 Å². The average Bonchev–Trinajstić information content (AvgIpc) is 3.32. The van der Waals surface area contributed by atoms with E-state index in [2.05, 4.69) is 31.3 Å². The summed E-state index contributed by atoms with van der Waals surface area (Å²) < 4.78 is 5.46. The SMILES string of the molecule is CCCCCCCCCCCCCCCCCCCCCC(=O)OCCCC/C=C\CCCCCCCC(=O)NC(CO)C(O)CCCCCCCCCCCCCCCCCCCCC. The lowest BCUT2D eigenvalue weighted by Crippen LogP contribution is -2.45. The fourth-order valence-electron chi connectivity index (χ4n) is 9.46. The number of unbranched alkanes of at least 4 members (excludes halogenated alkanes) is 43. The monoisotopic (exact) mass is 932 g/mol. The van der Waals surface area contributed by atoms with Crippen LogP contribution in [0, 0.1) is 0 Å². The molecule has 0 aliphatic carbocycles. The molecule has 0 saturated carbocycles. The first kappa shape index (κ1) is 64.6. The fraction of sp³-hybridized carbons (Fsp3) is 0.933. The van der Waals surface area contributed by atoms with Gasteiger partial charge >= 0.3 is 5.97 Å². The van der Waals surface area contributed by atoms with Crippen LogP contribution in [0.15, 0.2) is 12.2 Å². The smallest absolute Gasteiger partial charge is 0.305 e. The summed E-state index contributed by atoms with van der Waals surface area (Å²) >= 11 is 0. The Morgan fingerprint density at radius 1 is 0.409 bits per heavy atom. The summed E-state index contributed by atoms with van der Waals surface area (Å²) in [4.78, 5) is 24.6. The van der Waals surface area contributed by atoms with Crippen LogP contribution >= 0.6 is 0 Å². The zero-order chi connectivity index (χ0) is 47.9. The minimum atomic E-state index is -0.682. The molecule has 66 heavy (non-hydrogen) atoms. The summed E-state index contributed by atoms with van der Waals surface area (Å²) in [6.45, 7) is 4.91.